The predicted molar refractivity (Wildman–Crippen MR) is 102 cm³/mol. The lowest BCUT2D eigenvalue weighted by Crippen LogP contribution is -2.38. The molecule has 2 aromatic heterocycles. The van der Waals surface area contributed by atoms with E-state index in [0.29, 0.717) is 36.9 Å². The van der Waals surface area contributed by atoms with E-state index in [4.69, 9.17) is 11.6 Å². The summed E-state index contributed by atoms with van der Waals surface area (Å²) in [6, 6.07) is 0.881. The summed E-state index contributed by atoms with van der Waals surface area (Å²) in [6.07, 6.45) is -0.823. The van der Waals surface area contributed by atoms with E-state index in [1.54, 1.807) is 4.90 Å². The van der Waals surface area contributed by atoms with Gasteiger partial charge in [-0.25, -0.2) is 4.98 Å². The van der Waals surface area contributed by atoms with Gasteiger partial charge in [0.2, 0.25) is 11.0 Å². The summed E-state index contributed by atoms with van der Waals surface area (Å²) in [5, 5.41) is 12.1. The normalized spacial score (nSPS) is 15.7. The summed E-state index contributed by atoms with van der Waals surface area (Å²) in [5.41, 5.74) is -0.880. The molecule has 152 valence electrons. The zero-order valence-electron chi connectivity index (χ0n) is 15.1. The minimum absolute atomic E-state index is 0.0463. The fourth-order valence-electron chi connectivity index (χ4n) is 3.00. The number of nitrogens with zero attached hydrogens (tertiary/aromatic N) is 4. The number of aryl methyl sites for hydroxylation is 1. The summed E-state index contributed by atoms with van der Waals surface area (Å²) >= 11 is 7.37. The second-order valence-electron chi connectivity index (χ2n) is 6.53. The van der Waals surface area contributed by atoms with Crippen LogP contribution in [-0.2, 0) is 17.4 Å². The molecule has 1 aliphatic rings. The molecule has 1 amide bonds. The quantitative estimate of drug-likeness (QED) is 0.756. The molecule has 1 saturated heterocycles. The molecule has 0 bridgehead atoms. The SMILES string of the molecule is CCCc1nnc(NC(=O)C2CCN(c3ncc(C(F)(F)F)cc3Cl)CC2)s1. The van der Waals surface area contributed by atoms with Crippen molar-refractivity contribution in [2.45, 2.75) is 38.8 Å². The van der Waals surface area contributed by atoms with Crippen LogP contribution in [0.4, 0.5) is 24.1 Å². The number of amides is 1. The van der Waals surface area contributed by atoms with Crippen molar-refractivity contribution >= 4 is 39.8 Å². The molecule has 0 unspecified atom stereocenters. The van der Waals surface area contributed by atoms with Gasteiger partial charge in [-0.3, -0.25) is 4.79 Å². The molecule has 6 nitrogen and oxygen atoms in total. The van der Waals surface area contributed by atoms with Gasteiger partial charge in [0.25, 0.3) is 0 Å². The first-order chi connectivity index (χ1) is 13.3. The van der Waals surface area contributed by atoms with E-state index in [9.17, 15) is 18.0 Å². The zero-order valence-corrected chi connectivity index (χ0v) is 16.7. The van der Waals surface area contributed by atoms with E-state index in [2.05, 4.69) is 20.5 Å². The molecule has 11 heteroatoms. The highest BCUT2D eigenvalue weighted by atomic mass is 35.5. The van der Waals surface area contributed by atoms with Gasteiger partial charge in [-0.1, -0.05) is 29.9 Å². The van der Waals surface area contributed by atoms with Crippen molar-refractivity contribution in [1.29, 1.82) is 0 Å². The summed E-state index contributed by atoms with van der Waals surface area (Å²) < 4.78 is 38.2. The fourth-order valence-corrected chi connectivity index (χ4v) is 4.13. The maximum atomic E-state index is 12.7. The number of rotatable bonds is 5. The topological polar surface area (TPSA) is 71.0 Å². The number of anilines is 2. The smallest absolute Gasteiger partial charge is 0.355 e. The summed E-state index contributed by atoms with van der Waals surface area (Å²) in [7, 11) is 0. The third kappa shape index (κ3) is 4.91. The highest BCUT2D eigenvalue weighted by molar-refractivity contribution is 7.15. The molecule has 0 saturated carbocycles. The van der Waals surface area contributed by atoms with Crippen LogP contribution >= 0.6 is 22.9 Å². The fraction of sp³-hybridized carbons (Fsp3) is 0.529. The average molecular weight is 434 g/mol. The Morgan fingerprint density at radius 2 is 2.07 bits per heavy atom. The first-order valence-electron chi connectivity index (χ1n) is 8.89. The van der Waals surface area contributed by atoms with Gasteiger partial charge in [-0.15, -0.1) is 10.2 Å². The molecule has 3 heterocycles. The molecule has 2 aromatic rings. The lowest BCUT2D eigenvalue weighted by atomic mass is 9.96. The van der Waals surface area contributed by atoms with Crippen molar-refractivity contribution < 1.29 is 18.0 Å². The molecular weight excluding hydrogens is 415 g/mol. The molecule has 0 spiro atoms. The van der Waals surface area contributed by atoms with Crippen LogP contribution < -0.4 is 10.2 Å². The number of alkyl halides is 3. The minimum atomic E-state index is -4.48. The Hall–Kier alpha value is -1.94. The highest BCUT2D eigenvalue weighted by Crippen LogP contribution is 2.34. The molecule has 0 aliphatic carbocycles. The number of pyridine rings is 1. The largest absolute Gasteiger partial charge is 0.417 e. The van der Waals surface area contributed by atoms with Crippen LogP contribution in [0.1, 0.15) is 36.8 Å². The van der Waals surface area contributed by atoms with Crippen molar-refractivity contribution in [3.05, 3.63) is 27.9 Å². The number of hydrogen-bond donors (Lipinski definition) is 1. The Bertz CT molecular complexity index is 836. The Morgan fingerprint density at radius 1 is 1.36 bits per heavy atom. The van der Waals surface area contributed by atoms with Crippen LogP contribution in [0.3, 0.4) is 0 Å². The maximum Gasteiger partial charge on any atom is 0.417 e. The minimum Gasteiger partial charge on any atom is -0.355 e. The molecule has 1 fully saturated rings. The molecular formula is C17H19ClF3N5OS. The van der Waals surface area contributed by atoms with Crippen LogP contribution in [0.15, 0.2) is 12.3 Å². The van der Waals surface area contributed by atoms with Crippen molar-refractivity contribution in [3.63, 3.8) is 0 Å². The van der Waals surface area contributed by atoms with E-state index in [0.717, 1.165) is 30.1 Å². The summed E-state index contributed by atoms with van der Waals surface area (Å²) in [5.74, 6) is -0.0184. The summed E-state index contributed by atoms with van der Waals surface area (Å²) in [4.78, 5) is 18.1. The lowest BCUT2D eigenvalue weighted by molar-refractivity contribution is -0.137. The van der Waals surface area contributed by atoms with Crippen molar-refractivity contribution in [1.82, 2.24) is 15.2 Å². The molecule has 1 aliphatic heterocycles. The molecule has 0 radical (unpaired) electrons. The Balaban J connectivity index is 1.57. The van der Waals surface area contributed by atoms with E-state index in [1.165, 1.54) is 11.3 Å². The first kappa shape index (κ1) is 20.8. The highest BCUT2D eigenvalue weighted by Gasteiger charge is 2.33. The number of aromatic nitrogens is 3. The molecule has 0 aromatic carbocycles. The van der Waals surface area contributed by atoms with Crippen molar-refractivity contribution in [3.8, 4) is 0 Å². The van der Waals surface area contributed by atoms with E-state index in [-0.39, 0.29) is 16.8 Å². The predicted octanol–water partition coefficient (Wildman–Crippen LogP) is 4.41. The van der Waals surface area contributed by atoms with Gasteiger partial charge in [0.05, 0.1) is 10.6 Å². The number of halogens is 4. The third-order valence-electron chi connectivity index (χ3n) is 4.48. The van der Waals surface area contributed by atoms with Gasteiger partial charge in [0.15, 0.2) is 0 Å². The Kier molecular flexibility index (Phi) is 6.39. The third-order valence-corrected chi connectivity index (χ3v) is 5.65. The monoisotopic (exact) mass is 433 g/mol. The zero-order chi connectivity index (χ0) is 20.3. The molecule has 28 heavy (non-hydrogen) atoms. The number of nitrogens with one attached hydrogen (secondary N) is 1. The van der Waals surface area contributed by atoms with Gasteiger partial charge in [-0.05, 0) is 25.3 Å². The second-order valence-corrected chi connectivity index (χ2v) is 8.00. The number of carbonyl (C=O) groups excluding carboxylic acids is 1. The van der Waals surface area contributed by atoms with Gasteiger partial charge >= 0.3 is 6.18 Å². The van der Waals surface area contributed by atoms with Gasteiger partial charge in [0, 0.05) is 31.6 Å². The number of piperidine rings is 1. The number of hydrogen-bond acceptors (Lipinski definition) is 6. The lowest BCUT2D eigenvalue weighted by Gasteiger charge is -2.32. The van der Waals surface area contributed by atoms with Gasteiger partial charge < -0.3 is 10.2 Å². The summed E-state index contributed by atoms with van der Waals surface area (Å²) in [6.45, 7) is 3.01. The van der Waals surface area contributed by atoms with Crippen molar-refractivity contribution in [2.24, 2.45) is 5.92 Å². The Labute approximate surface area is 169 Å². The van der Waals surface area contributed by atoms with E-state index in [1.807, 2.05) is 6.92 Å². The van der Waals surface area contributed by atoms with E-state index < -0.39 is 11.7 Å². The van der Waals surface area contributed by atoms with Crippen LogP contribution in [0.2, 0.25) is 5.02 Å². The van der Waals surface area contributed by atoms with E-state index >= 15 is 0 Å². The van der Waals surface area contributed by atoms with Crippen molar-refractivity contribution in [2.75, 3.05) is 23.3 Å². The standard InChI is InChI=1S/C17H19ClF3N5OS/c1-2-3-13-24-25-16(28-13)23-15(27)10-4-6-26(7-5-10)14-12(18)8-11(9-22-14)17(19,20)21/h8-10H,2-7H2,1H3,(H,23,25,27). The number of carbonyl (C=O) groups is 1. The van der Waals surface area contributed by atoms with Crippen LogP contribution in [0.25, 0.3) is 0 Å². The first-order valence-corrected chi connectivity index (χ1v) is 10.1. The molecule has 3 rings (SSSR count). The molecule has 1 N–H and O–H groups in total. The van der Waals surface area contributed by atoms with Gasteiger partial charge in [-0.2, -0.15) is 13.2 Å². The van der Waals surface area contributed by atoms with Crippen LogP contribution in [-0.4, -0.2) is 34.2 Å². The maximum absolute atomic E-state index is 12.7. The van der Waals surface area contributed by atoms with Crippen LogP contribution in [0.5, 0.6) is 0 Å². The molecule has 0 atom stereocenters. The second kappa shape index (κ2) is 8.60. The average Bonchev–Trinajstić information content (AvgIpc) is 3.08. The van der Waals surface area contributed by atoms with Gasteiger partial charge in [0.1, 0.15) is 10.8 Å². The van der Waals surface area contributed by atoms with Crippen LogP contribution in [0, 0.1) is 5.92 Å². The Morgan fingerprint density at radius 3 is 2.68 bits per heavy atom.